The molecule has 0 aliphatic rings. The predicted octanol–water partition coefficient (Wildman–Crippen LogP) is 3.88. The Balaban J connectivity index is 1.81. The maximum atomic E-state index is 13.7. The SMILES string of the molecule is Cc1cc2ncn(CN(C)Cc3ccccc3F)c2cc1C. The van der Waals surface area contributed by atoms with Crippen LogP contribution in [0.15, 0.2) is 42.7 Å². The number of hydrogen-bond acceptors (Lipinski definition) is 2. The first-order valence-corrected chi connectivity index (χ1v) is 7.38. The lowest BCUT2D eigenvalue weighted by molar-refractivity contribution is 0.260. The highest BCUT2D eigenvalue weighted by Crippen LogP contribution is 2.19. The van der Waals surface area contributed by atoms with E-state index in [0.29, 0.717) is 18.8 Å². The van der Waals surface area contributed by atoms with Crippen LogP contribution in [-0.2, 0) is 13.2 Å². The highest BCUT2D eigenvalue weighted by Gasteiger charge is 2.09. The zero-order valence-electron chi connectivity index (χ0n) is 13.2. The number of aromatic nitrogens is 2. The number of imidazole rings is 1. The first kappa shape index (κ1) is 14.7. The molecule has 0 amide bonds. The number of halogens is 1. The number of aryl methyl sites for hydroxylation is 2. The smallest absolute Gasteiger partial charge is 0.127 e. The van der Waals surface area contributed by atoms with Gasteiger partial charge < -0.3 is 4.57 Å². The lowest BCUT2D eigenvalue weighted by atomic mass is 10.1. The van der Waals surface area contributed by atoms with Gasteiger partial charge in [0, 0.05) is 12.1 Å². The van der Waals surface area contributed by atoms with Crippen molar-refractivity contribution in [3.05, 3.63) is 65.2 Å². The minimum Gasteiger partial charge on any atom is -0.317 e. The molecule has 0 unspecified atom stereocenters. The largest absolute Gasteiger partial charge is 0.317 e. The van der Waals surface area contributed by atoms with Crippen molar-refractivity contribution < 1.29 is 4.39 Å². The Hall–Kier alpha value is -2.20. The maximum Gasteiger partial charge on any atom is 0.127 e. The molecular formula is C18H20FN3. The first-order valence-electron chi connectivity index (χ1n) is 7.38. The molecule has 22 heavy (non-hydrogen) atoms. The van der Waals surface area contributed by atoms with E-state index in [0.717, 1.165) is 11.0 Å². The monoisotopic (exact) mass is 297 g/mol. The molecule has 114 valence electrons. The van der Waals surface area contributed by atoms with Crippen molar-refractivity contribution in [1.82, 2.24) is 14.5 Å². The summed E-state index contributed by atoms with van der Waals surface area (Å²) in [7, 11) is 1.99. The Kier molecular flexibility index (Phi) is 3.94. The fraction of sp³-hybridized carbons (Fsp3) is 0.278. The second kappa shape index (κ2) is 5.89. The molecule has 0 N–H and O–H groups in total. The molecule has 0 spiro atoms. The van der Waals surface area contributed by atoms with Crippen LogP contribution in [0.5, 0.6) is 0 Å². The van der Waals surface area contributed by atoms with Crippen LogP contribution in [0.2, 0.25) is 0 Å². The summed E-state index contributed by atoms with van der Waals surface area (Å²) in [5.74, 6) is -0.156. The number of hydrogen-bond donors (Lipinski definition) is 0. The van der Waals surface area contributed by atoms with Crippen LogP contribution in [0.4, 0.5) is 4.39 Å². The van der Waals surface area contributed by atoms with Crippen molar-refractivity contribution >= 4 is 11.0 Å². The summed E-state index contributed by atoms with van der Waals surface area (Å²) in [5.41, 5.74) is 5.33. The lowest BCUT2D eigenvalue weighted by Crippen LogP contribution is -2.21. The van der Waals surface area contributed by atoms with Gasteiger partial charge in [-0.1, -0.05) is 18.2 Å². The summed E-state index contributed by atoms with van der Waals surface area (Å²) in [4.78, 5) is 6.54. The average Bonchev–Trinajstić information content (AvgIpc) is 2.84. The van der Waals surface area contributed by atoms with Gasteiger partial charge in [-0.3, -0.25) is 4.90 Å². The summed E-state index contributed by atoms with van der Waals surface area (Å²) in [5, 5.41) is 0. The number of fused-ring (bicyclic) bond motifs is 1. The van der Waals surface area contributed by atoms with Crippen molar-refractivity contribution in [2.24, 2.45) is 0 Å². The third kappa shape index (κ3) is 2.88. The number of rotatable bonds is 4. The minimum absolute atomic E-state index is 0.156. The Morgan fingerprint density at radius 1 is 1.14 bits per heavy atom. The Labute approximate surface area is 130 Å². The van der Waals surface area contributed by atoms with Crippen molar-refractivity contribution in [3.63, 3.8) is 0 Å². The molecule has 0 bridgehead atoms. The highest BCUT2D eigenvalue weighted by molar-refractivity contribution is 5.77. The molecule has 0 saturated heterocycles. The van der Waals surface area contributed by atoms with Crippen molar-refractivity contribution in [1.29, 1.82) is 0 Å². The molecule has 4 heteroatoms. The molecule has 3 rings (SSSR count). The van der Waals surface area contributed by atoms with Gasteiger partial charge in [-0.15, -0.1) is 0 Å². The van der Waals surface area contributed by atoms with Crippen LogP contribution in [0.1, 0.15) is 16.7 Å². The third-order valence-electron chi connectivity index (χ3n) is 4.03. The second-order valence-corrected chi connectivity index (χ2v) is 5.89. The maximum absolute atomic E-state index is 13.7. The predicted molar refractivity (Wildman–Crippen MR) is 87.1 cm³/mol. The fourth-order valence-electron chi connectivity index (χ4n) is 2.65. The molecule has 0 aliphatic heterocycles. The first-order chi connectivity index (χ1) is 10.5. The normalized spacial score (nSPS) is 11.5. The van der Waals surface area contributed by atoms with Crippen LogP contribution < -0.4 is 0 Å². The molecular weight excluding hydrogens is 277 g/mol. The van der Waals surface area contributed by atoms with Crippen molar-refractivity contribution in [2.45, 2.75) is 27.1 Å². The summed E-state index contributed by atoms with van der Waals surface area (Å²) < 4.78 is 15.8. The van der Waals surface area contributed by atoms with Gasteiger partial charge in [0.25, 0.3) is 0 Å². The van der Waals surface area contributed by atoms with E-state index in [9.17, 15) is 4.39 Å². The van der Waals surface area contributed by atoms with Crippen LogP contribution in [0.25, 0.3) is 11.0 Å². The Morgan fingerprint density at radius 3 is 2.64 bits per heavy atom. The number of nitrogens with zero attached hydrogens (tertiary/aromatic N) is 3. The topological polar surface area (TPSA) is 21.1 Å². The summed E-state index contributed by atoms with van der Waals surface area (Å²) in [6, 6.07) is 11.2. The van der Waals surface area contributed by atoms with Crippen molar-refractivity contribution in [2.75, 3.05) is 7.05 Å². The Morgan fingerprint density at radius 2 is 1.86 bits per heavy atom. The molecule has 3 nitrogen and oxygen atoms in total. The molecule has 3 aromatic rings. The van der Waals surface area contributed by atoms with E-state index in [2.05, 4.69) is 40.4 Å². The van der Waals surface area contributed by atoms with Crippen molar-refractivity contribution in [3.8, 4) is 0 Å². The molecule has 0 radical (unpaired) electrons. The van der Waals surface area contributed by atoms with E-state index in [1.807, 2.05) is 25.5 Å². The zero-order valence-corrected chi connectivity index (χ0v) is 13.2. The molecule has 0 atom stereocenters. The van der Waals surface area contributed by atoms with Gasteiger partial charge in [-0.2, -0.15) is 0 Å². The van der Waals surface area contributed by atoms with Gasteiger partial charge in [0.1, 0.15) is 5.82 Å². The summed E-state index contributed by atoms with van der Waals surface area (Å²) >= 11 is 0. The Bertz CT molecular complexity index is 807. The highest BCUT2D eigenvalue weighted by atomic mass is 19.1. The third-order valence-corrected chi connectivity index (χ3v) is 4.03. The summed E-state index contributed by atoms with van der Waals surface area (Å²) in [6.45, 7) is 5.44. The fourth-order valence-corrected chi connectivity index (χ4v) is 2.65. The van der Waals surface area contributed by atoms with E-state index in [-0.39, 0.29) is 5.82 Å². The molecule has 1 aromatic heterocycles. The standard InChI is InChI=1S/C18H20FN3/c1-13-8-17-18(9-14(13)2)22(11-20-17)12-21(3)10-15-6-4-5-7-16(15)19/h4-9,11H,10,12H2,1-3H3. The van der Waals surface area contributed by atoms with Crippen LogP contribution in [-0.4, -0.2) is 21.5 Å². The van der Waals surface area contributed by atoms with Gasteiger partial charge in [-0.25, -0.2) is 9.37 Å². The van der Waals surface area contributed by atoms with E-state index >= 15 is 0 Å². The van der Waals surface area contributed by atoms with Crippen LogP contribution in [0.3, 0.4) is 0 Å². The molecule has 0 fully saturated rings. The number of benzene rings is 2. The van der Waals surface area contributed by atoms with Crippen LogP contribution in [0, 0.1) is 19.7 Å². The molecule has 0 saturated carbocycles. The van der Waals surface area contributed by atoms with Crippen LogP contribution >= 0.6 is 0 Å². The quantitative estimate of drug-likeness (QED) is 0.728. The van der Waals surface area contributed by atoms with Gasteiger partial charge in [0.2, 0.25) is 0 Å². The van der Waals surface area contributed by atoms with E-state index < -0.39 is 0 Å². The summed E-state index contributed by atoms with van der Waals surface area (Å²) in [6.07, 6.45) is 1.85. The minimum atomic E-state index is -0.156. The molecule has 0 aliphatic carbocycles. The van der Waals surface area contributed by atoms with Gasteiger partial charge >= 0.3 is 0 Å². The second-order valence-electron chi connectivity index (χ2n) is 5.89. The van der Waals surface area contributed by atoms with Gasteiger partial charge in [0.15, 0.2) is 0 Å². The van der Waals surface area contributed by atoms with Gasteiger partial charge in [0.05, 0.1) is 24.0 Å². The zero-order chi connectivity index (χ0) is 15.7. The molecule has 1 heterocycles. The van der Waals surface area contributed by atoms with E-state index in [1.54, 1.807) is 6.07 Å². The van der Waals surface area contributed by atoms with E-state index in [4.69, 9.17) is 0 Å². The van der Waals surface area contributed by atoms with Gasteiger partial charge in [-0.05, 0) is 50.2 Å². The van der Waals surface area contributed by atoms with E-state index in [1.165, 1.54) is 17.2 Å². The average molecular weight is 297 g/mol. The molecule has 2 aromatic carbocycles. The lowest BCUT2D eigenvalue weighted by Gasteiger charge is -2.18.